The molecule has 0 aliphatic carbocycles. The molecule has 0 amide bonds. The Morgan fingerprint density at radius 1 is 1.00 bits per heavy atom. The molecule has 0 fully saturated rings. The van der Waals surface area contributed by atoms with Crippen molar-refractivity contribution in [3.63, 3.8) is 0 Å². The maximum Gasteiger partial charge on any atom is 0.278 e. The quantitative estimate of drug-likeness (QED) is 0.572. The number of rotatable bonds is 7. The molecular formula is C23H34N2O. The lowest BCUT2D eigenvalue weighted by Crippen LogP contribution is -2.16. The highest BCUT2D eigenvalue weighted by atomic mass is 16.2. The second-order valence-electron chi connectivity index (χ2n) is 8.36. The number of nitrogens with zero attached hydrogens (tertiary/aromatic N) is 2. The zero-order valence-corrected chi connectivity index (χ0v) is 17.4. The molecule has 0 aliphatic rings. The third-order valence-corrected chi connectivity index (χ3v) is 5.16. The fraction of sp³-hybridized carbons (Fsp3) is 0.565. The summed E-state index contributed by atoms with van der Waals surface area (Å²) in [5.74, 6) is -0.0386. The molecule has 0 bridgehead atoms. The molecule has 26 heavy (non-hydrogen) atoms. The second-order valence-corrected chi connectivity index (χ2v) is 8.36. The highest BCUT2D eigenvalue weighted by Crippen LogP contribution is 2.23. The molecule has 0 spiro atoms. The van der Waals surface area contributed by atoms with Crippen LogP contribution in [0.15, 0.2) is 24.3 Å². The van der Waals surface area contributed by atoms with Crippen molar-refractivity contribution in [3.05, 3.63) is 52.3 Å². The third-order valence-electron chi connectivity index (χ3n) is 5.16. The van der Waals surface area contributed by atoms with Gasteiger partial charge in [-0.2, -0.15) is 5.10 Å². The summed E-state index contributed by atoms with van der Waals surface area (Å²) >= 11 is 0. The molecule has 3 heteroatoms. The van der Waals surface area contributed by atoms with Crippen molar-refractivity contribution in [1.82, 2.24) is 9.78 Å². The van der Waals surface area contributed by atoms with Crippen molar-refractivity contribution < 1.29 is 4.79 Å². The largest absolute Gasteiger partial charge is 0.278 e. The maximum absolute atomic E-state index is 12.9. The van der Waals surface area contributed by atoms with E-state index in [4.69, 9.17) is 0 Å². The van der Waals surface area contributed by atoms with Crippen LogP contribution in [0.2, 0.25) is 0 Å². The van der Waals surface area contributed by atoms with E-state index in [1.807, 2.05) is 38.1 Å². The fourth-order valence-electron chi connectivity index (χ4n) is 3.37. The van der Waals surface area contributed by atoms with Crippen molar-refractivity contribution in [2.24, 2.45) is 0 Å². The normalized spacial score (nSPS) is 11.8. The molecule has 0 unspecified atom stereocenters. The Hall–Kier alpha value is -1.90. The van der Waals surface area contributed by atoms with Crippen LogP contribution in [-0.4, -0.2) is 15.7 Å². The summed E-state index contributed by atoms with van der Waals surface area (Å²) in [4.78, 5) is 12.9. The van der Waals surface area contributed by atoms with Gasteiger partial charge in [-0.1, -0.05) is 65.5 Å². The summed E-state index contributed by atoms with van der Waals surface area (Å²) in [6.45, 7) is 12.8. The molecular weight excluding hydrogens is 320 g/mol. The fourth-order valence-corrected chi connectivity index (χ4v) is 3.37. The van der Waals surface area contributed by atoms with Crippen molar-refractivity contribution in [1.29, 1.82) is 0 Å². The van der Waals surface area contributed by atoms with Crippen LogP contribution < -0.4 is 0 Å². The molecule has 0 saturated carbocycles. The molecule has 3 nitrogen and oxygen atoms in total. The van der Waals surface area contributed by atoms with E-state index in [1.165, 1.54) is 43.2 Å². The molecule has 0 N–H and O–H groups in total. The van der Waals surface area contributed by atoms with Gasteiger partial charge in [0.2, 0.25) is 0 Å². The molecule has 1 heterocycles. The number of aryl methyl sites for hydroxylation is 1. The minimum Gasteiger partial charge on any atom is -0.267 e. The van der Waals surface area contributed by atoms with Gasteiger partial charge in [0.15, 0.2) is 0 Å². The Bertz CT molecular complexity index is 733. The van der Waals surface area contributed by atoms with Gasteiger partial charge in [-0.05, 0) is 55.4 Å². The Morgan fingerprint density at radius 3 is 2.19 bits per heavy atom. The first kappa shape index (κ1) is 20.4. The zero-order chi connectivity index (χ0) is 19.3. The Labute approximate surface area is 158 Å². The van der Waals surface area contributed by atoms with E-state index in [2.05, 4.69) is 32.8 Å². The summed E-state index contributed by atoms with van der Waals surface area (Å²) in [6.07, 6.45) is 7.29. The van der Waals surface area contributed by atoms with Gasteiger partial charge in [0, 0.05) is 11.3 Å². The predicted octanol–water partition coefficient (Wildman–Crippen LogP) is 6.00. The lowest BCUT2D eigenvalue weighted by Gasteiger charge is -2.19. The lowest BCUT2D eigenvalue weighted by atomic mass is 9.87. The molecule has 2 rings (SSSR count). The highest BCUT2D eigenvalue weighted by molar-refractivity contribution is 5.96. The summed E-state index contributed by atoms with van der Waals surface area (Å²) in [5, 5.41) is 4.54. The van der Waals surface area contributed by atoms with Crippen molar-refractivity contribution in [3.8, 4) is 0 Å². The van der Waals surface area contributed by atoms with Gasteiger partial charge < -0.3 is 0 Å². The van der Waals surface area contributed by atoms with Gasteiger partial charge in [-0.3, -0.25) is 4.79 Å². The summed E-state index contributed by atoms with van der Waals surface area (Å²) in [7, 11) is 0. The van der Waals surface area contributed by atoms with Gasteiger partial charge in [0.1, 0.15) is 0 Å². The van der Waals surface area contributed by atoms with Crippen molar-refractivity contribution >= 4 is 5.91 Å². The monoisotopic (exact) mass is 354 g/mol. The summed E-state index contributed by atoms with van der Waals surface area (Å²) in [5.41, 5.74) is 5.22. The second kappa shape index (κ2) is 8.66. The maximum atomic E-state index is 12.9. The SMILES string of the molecule is CCCCCCCc1c(C)nn(C(=O)c2ccc(C(C)(C)C)cc2)c1C. The highest BCUT2D eigenvalue weighted by Gasteiger charge is 2.19. The molecule has 1 aromatic heterocycles. The topological polar surface area (TPSA) is 34.9 Å². The van der Waals surface area contributed by atoms with Gasteiger partial charge in [-0.15, -0.1) is 0 Å². The third kappa shape index (κ3) is 4.84. The van der Waals surface area contributed by atoms with E-state index in [-0.39, 0.29) is 11.3 Å². The van der Waals surface area contributed by atoms with E-state index < -0.39 is 0 Å². The van der Waals surface area contributed by atoms with E-state index in [0.29, 0.717) is 5.56 Å². The van der Waals surface area contributed by atoms with E-state index in [9.17, 15) is 4.79 Å². The Balaban J connectivity index is 2.13. The van der Waals surface area contributed by atoms with Crippen LogP contribution in [0.1, 0.15) is 92.7 Å². The van der Waals surface area contributed by atoms with Crippen LogP contribution in [0.5, 0.6) is 0 Å². The van der Waals surface area contributed by atoms with Crippen LogP contribution >= 0.6 is 0 Å². The standard InChI is InChI=1S/C23H34N2O/c1-7-8-9-10-11-12-21-17(2)24-25(18(21)3)22(26)19-13-15-20(16-14-19)23(4,5)6/h13-16H,7-12H2,1-6H3. The first-order valence-electron chi connectivity index (χ1n) is 9.96. The van der Waals surface area contributed by atoms with E-state index in [0.717, 1.165) is 17.8 Å². The number of carbonyl (C=O) groups excluding carboxylic acids is 1. The first-order valence-corrected chi connectivity index (χ1v) is 9.96. The Morgan fingerprint density at radius 2 is 1.62 bits per heavy atom. The van der Waals surface area contributed by atoms with Crippen LogP contribution in [0.25, 0.3) is 0 Å². The summed E-state index contributed by atoms with van der Waals surface area (Å²) < 4.78 is 1.59. The molecule has 0 saturated heterocycles. The molecule has 0 radical (unpaired) electrons. The lowest BCUT2D eigenvalue weighted by molar-refractivity contribution is 0.0942. The predicted molar refractivity (Wildman–Crippen MR) is 109 cm³/mol. The van der Waals surface area contributed by atoms with Gasteiger partial charge in [-0.25, -0.2) is 4.68 Å². The molecule has 1 aromatic carbocycles. The number of hydrogen-bond donors (Lipinski definition) is 0. The number of carbonyl (C=O) groups is 1. The molecule has 0 atom stereocenters. The average molecular weight is 355 g/mol. The van der Waals surface area contributed by atoms with Gasteiger partial charge >= 0.3 is 0 Å². The molecule has 0 aliphatic heterocycles. The summed E-state index contributed by atoms with van der Waals surface area (Å²) in [6, 6.07) is 7.94. The molecule has 2 aromatic rings. The minimum absolute atomic E-state index is 0.0386. The van der Waals surface area contributed by atoms with Gasteiger partial charge in [0.05, 0.1) is 5.69 Å². The van der Waals surface area contributed by atoms with E-state index >= 15 is 0 Å². The smallest absolute Gasteiger partial charge is 0.267 e. The van der Waals surface area contributed by atoms with Gasteiger partial charge in [0.25, 0.3) is 5.91 Å². The number of benzene rings is 1. The number of unbranched alkanes of at least 4 members (excludes halogenated alkanes) is 4. The van der Waals surface area contributed by atoms with E-state index in [1.54, 1.807) is 4.68 Å². The molecule has 142 valence electrons. The van der Waals surface area contributed by atoms with Crippen LogP contribution in [0, 0.1) is 13.8 Å². The zero-order valence-electron chi connectivity index (χ0n) is 17.4. The van der Waals surface area contributed by atoms with Crippen LogP contribution in [0.4, 0.5) is 0 Å². The number of hydrogen-bond acceptors (Lipinski definition) is 2. The van der Waals surface area contributed by atoms with Crippen LogP contribution in [-0.2, 0) is 11.8 Å². The minimum atomic E-state index is -0.0386. The first-order chi connectivity index (χ1) is 12.3. The van der Waals surface area contributed by atoms with Crippen molar-refractivity contribution in [2.75, 3.05) is 0 Å². The van der Waals surface area contributed by atoms with Crippen molar-refractivity contribution in [2.45, 2.75) is 85.5 Å². The van der Waals surface area contributed by atoms with Crippen LogP contribution in [0.3, 0.4) is 0 Å². The number of aromatic nitrogens is 2. The average Bonchev–Trinajstić information content (AvgIpc) is 2.88. The Kier molecular flexibility index (Phi) is 6.80.